The van der Waals surface area contributed by atoms with Crippen molar-refractivity contribution in [3.63, 3.8) is 0 Å². The van der Waals surface area contributed by atoms with Crippen molar-refractivity contribution in [3.05, 3.63) is 144 Å². The van der Waals surface area contributed by atoms with E-state index in [1.54, 1.807) is 18.2 Å². The molecule has 0 N–H and O–H groups in total. The zero-order valence-electron chi connectivity index (χ0n) is 28.4. The molecule has 2 aromatic heterocycles. The van der Waals surface area contributed by atoms with Crippen molar-refractivity contribution < 1.29 is 4.42 Å². The molecule has 0 atom stereocenters. The van der Waals surface area contributed by atoms with E-state index in [0.717, 1.165) is 55.5 Å². The Morgan fingerprint density at radius 1 is 0.600 bits per heavy atom. The average Bonchev–Trinajstić information content (AvgIpc) is 3.72. The van der Waals surface area contributed by atoms with Crippen molar-refractivity contribution in [2.75, 3.05) is 0 Å². The van der Waals surface area contributed by atoms with E-state index in [1.807, 2.05) is 18.2 Å². The molecule has 8 rings (SSSR count). The minimum Gasteiger partial charge on any atom is -0.455 e. The van der Waals surface area contributed by atoms with Crippen LogP contribution in [0.1, 0.15) is 61.8 Å². The predicted octanol–water partition coefficient (Wildman–Crippen LogP) is 11.9. The van der Waals surface area contributed by atoms with Crippen LogP contribution >= 0.6 is 0 Å². The third-order valence-corrected chi connectivity index (χ3v) is 9.57. The SMILES string of the molecule is CC(C)c1cc(-c2ccccc2)cc(C(C)C)c1-n1c(-c2cccc3c2oc2cc(-c4cc(C#N)cc(C#N)c4)ccc23)nc2ccccc21. The Hall–Kier alpha value is -6.43. The molecule has 8 aromatic rings. The number of hydrogen-bond acceptors (Lipinski definition) is 4. The maximum absolute atomic E-state index is 9.57. The van der Waals surface area contributed by atoms with Gasteiger partial charge in [0.25, 0.3) is 0 Å². The van der Waals surface area contributed by atoms with E-state index in [2.05, 4.69) is 129 Å². The molecule has 0 spiro atoms. The number of aromatic nitrogens is 2. The lowest BCUT2D eigenvalue weighted by Crippen LogP contribution is -2.09. The van der Waals surface area contributed by atoms with Crippen LogP contribution in [0.15, 0.2) is 126 Å². The first-order valence-electron chi connectivity index (χ1n) is 17.0. The molecular weight excluding hydrogens is 613 g/mol. The zero-order chi connectivity index (χ0) is 34.5. The quantitative estimate of drug-likeness (QED) is 0.180. The summed E-state index contributed by atoms with van der Waals surface area (Å²) in [6, 6.07) is 45.6. The molecular formula is C45H34N4O. The van der Waals surface area contributed by atoms with Crippen molar-refractivity contribution in [1.82, 2.24) is 9.55 Å². The lowest BCUT2D eigenvalue weighted by Gasteiger charge is -2.24. The van der Waals surface area contributed by atoms with Crippen LogP contribution in [0.3, 0.4) is 0 Å². The Labute approximate surface area is 291 Å². The predicted molar refractivity (Wildman–Crippen MR) is 202 cm³/mol. The van der Waals surface area contributed by atoms with Crippen molar-refractivity contribution in [1.29, 1.82) is 10.5 Å². The highest BCUT2D eigenvalue weighted by Gasteiger charge is 2.25. The van der Waals surface area contributed by atoms with Gasteiger partial charge in [-0.05, 0) is 106 Å². The highest BCUT2D eigenvalue weighted by molar-refractivity contribution is 6.10. The van der Waals surface area contributed by atoms with Crippen LogP contribution in [0.5, 0.6) is 0 Å². The van der Waals surface area contributed by atoms with Crippen molar-refractivity contribution >= 4 is 33.0 Å². The second kappa shape index (κ2) is 12.2. The van der Waals surface area contributed by atoms with Gasteiger partial charge in [0.2, 0.25) is 0 Å². The molecule has 240 valence electrons. The fourth-order valence-corrected chi connectivity index (χ4v) is 7.13. The Morgan fingerprint density at radius 3 is 1.94 bits per heavy atom. The number of benzene rings is 6. The first kappa shape index (κ1) is 30.9. The zero-order valence-corrected chi connectivity index (χ0v) is 28.4. The van der Waals surface area contributed by atoms with Crippen LogP contribution in [0.25, 0.3) is 72.3 Å². The fraction of sp³-hybridized carbons (Fsp3) is 0.133. The number of fused-ring (bicyclic) bond motifs is 4. The summed E-state index contributed by atoms with van der Waals surface area (Å²) in [4.78, 5) is 5.31. The number of hydrogen-bond donors (Lipinski definition) is 0. The smallest absolute Gasteiger partial charge is 0.149 e. The summed E-state index contributed by atoms with van der Waals surface area (Å²) in [5, 5.41) is 21.1. The number of furan rings is 1. The summed E-state index contributed by atoms with van der Waals surface area (Å²) in [5.74, 6) is 1.33. The van der Waals surface area contributed by atoms with Crippen molar-refractivity contribution in [3.8, 4) is 51.5 Å². The summed E-state index contributed by atoms with van der Waals surface area (Å²) in [7, 11) is 0. The van der Waals surface area contributed by atoms with Gasteiger partial charge in [0.15, 0.2) is 0 Å². The second-order valence-corrected chi connectivity index (χ2v) is 13.5. The van der Waals surface area contributed by atoms with E-state index in [0.29, 0.717) is 11.1 Å². The van der Waals surface area contributed by atoms with Gasteiger partial charge in [0.05, 0.1) is 45.5 Å². The van der Waals surface area contributed by atoms with Crippen molar-refractivity contribution in [2.45, 2.75) is 39.5 Å². The number of nitrogens with zero attached hydrogens (tertiary/aromatic N) is 4. The van der Waals surface area contributed by atoms with E-state index in [1.165, 1.54) is 27.9 Å². The first-order valence-corrected chi connectivity index (χ1v) is 17.0. The molecule has 0 unspecified atom stereocenters. The summed E-state index contributed by atoms with van der Waals surface area (Å²) in [6.07, 6.45) is 0. The van der Waals surface area contributed by atoms with Gasteiger partial charge in [-0.1, -0.05) is 88.4 Å². The molecule has 50 heavy (non-hydrogen) atoms. The Balaban J connectivity index is 1.39. The Morgan fingerprint density at radius 2 is 1.26 bits per heavy atom. The highest BCUT2D eigenvalue weighted by Crippen LogP contribution is 2.43. The first-order chi connectivity index (χ1) is 24.3. The Bertz CT molecular complexity index is 2620. The molecule has 0 aliphatic heterocycles. The van der Waals surface area contributed by atoms with Crippen LogP contribution in [0, 0.1) is 22.7 Å². The summed E-state index contributed by atoms with van der Waals surface area (Å²) < 4.78 is 9.10. The van der Waals surface area contributed by atoms with Crippen molar-refractivity contribution in [2.24, 2.45) is 0 Å². The maximum atomic E-state index is 9.57. The van der Waals surface area contributed by atoms with Gasteiger partial charge in [-0.3, -0.25) is 4.57 Å². The fourth-order valence-electron chi connectivity index (χ4n) is 7.13. The molecule has 0 amide bonds. The lowest BCUT2D eigenvalue weighted by atomic mass is 9.88. The standard InChI is InChI=1S/C45H34N4O/c1-27(2)38-22-34(31-11-6-5-7-12-31)23-39(28(3)4)43(38)49-41-16-9-8-15-40(41)48-45(49)37-14-10-13-36-35-18-17-32(24-42(35)50-44(36)37)33-20-29(25-46)19-30(21-33)26-47/h5-24,27-28H,1-4H3. The van der Waals surface area contributed by atoms with Gasteiger partial charge in [-0.2, -0.15) is 10.5 Å². The lowest BCUT2D eigenvalue weighted by molar-refractivity contribution is 0.669. The van der Waals surface area contributed by atoms with Crippen LogP contribution in [-0.2, 0) is 0 Å². The third kappa shape index (κ3) is 5.12. The van der Waals surface area contributed by atoms with Gasteiger partial charge in [0.1, 0.15) is 17.0 Å². The van der Waals surface area contributed by atoms with Crippen LogP contribution in [0.4, 0.5) is 0 Å². The molecule has 0 saturated heterocycles. The van der Waals surface area contributed by atoms with Gasteiger partial charge in [0, 0.05) is 10.8 Å². The number of imidazole rings is 1. The van der Waals surface area contributed by atoms with Crippen LogP contribution in [0.2, 0.25) is 0 Å². The highest BCUT2D eigenvalue weighted by atomic mass is 16.3. The van der Waals surface area contributed by atoms with E-state index in [9.17, 15) is 10.5 Å². The minimum atomic E-state index is 0.252. The molecule has 0 fully saturated rings. The van der Waals surface area contributed by atoms with Gasteiger partial charge < -0.3 is 4.42 Å². The van der Waals surface area contributed by atoms with Gasteiger partial charge in [-0.25, -0.2) is 4.98 Å². The van der Waals surface area contributed by atoms with E-state index in [4.69, 9.17) is 9.40 Å². The molecule has 6 aromatic carbocycles. The normalized spacial score (nSPS) is 11.5. The van der Waals surface area contributed by atoms with Crippen LogP contribution < -0.4 is 0 Å². The summed E-state index contributed by atoms with van der Waals surface area (Å²) in [6.45, 7) is 9.06. The molecule has 0 saturated carbocycles. The third-order valence-electron chi connectivity index (χ3n) is 9.57. The van der Waals surface area contributed by atoms with E-state index >= 15 is 0 Å². The number of nitriles is 2. The monoisotopic (exact) mass is 646 g/mol. The minimum absolute atomic E-state index is 0.252. The van der Waals surface area contributed by atoms with E-state index in [-0.39, 0.29) is 11.8 Å². The number of para-hydroxylation sites is 3. The van der Waals surface area contributed by atoms with Gasteiger partial charge >= 0.3 is 0 Å². The molecule has 0 radical (unpaired) electrons. The second-order valence-electron chi connectivity index (χ2n) is 13.5. The maximum Gasteiger partial charge on any atom is 0.149 e. The topological polar surface area (TPSA) is 78.5 Å². The molecule has 0 bridgehead atoms. The van der Waals surface area contributed by atoms with Crippen LogP contribution in [-0.4, -0.2) is 9.55 Å². The molecule has 2 heterocycles. The summed E-state index contributed by atoms with van der Waals surface area (Å²) >= 11 is 0. The Kier molecular flexibility index (Phi) is 7.55. The average molecular weight is 647 g/mol. The molecule has 0 aliphatic carbocycles. The summed E-state index contributed by atoms with van der Waals surface area (Å²) in [5.41, 5.74) is 13.0. The molecule has 5 nitrogen and oxygen atoms in total. The van der Waals surface area contributed by atoms with Gasteiger partial charge in [-0.15, -0.1) is 0 Å². The molecule has 5 heteroatoms. The van der Waals surface area contributed by atoms with E-state index < -0.39 is 0 Å². The largest absolute Gasteiger partial charge is 0.455 e. The number of rotatable bonds is 6. The molecule has 0 aliphatic rings.